The van der Waals surface area contributed by atoms with Crippen molar-refractivity contribution in [2.24, 2.45) is 0 Å². The van der Waals surface area contributed by atoms with Crippen LogP contribution in [0.5, 0.6) is 28.7 Å². The molecular weight excluding hydrogens is 402 g/mol. The van der Waals surface area contributed by atoms with Crippen molar-refractivity contribution in [1.29, 1.82) is 0 Å². The highest BCUT2D eigenvalue weighted by molar-refractivity contribution is 5.86. The quantitative estimate of drug-likeness (QED) is 0.320. The molecule has 5 heteroatoms. The summed E-state index contributed by atoms with van der Waals surface area (Å²) in [7, 11) is 0. The highest BCUT2D eigenvalue weighted by atomic mass is 16.5. The van der Waals surface area contributed by atoms with Crippen LogP contribution in [0.3, 0.4) is 0 Å². The van der Waals surface area contributed by atoms with Crippen molar-refractivity contribution in [3.05, 3.63) is 95.6 Å². The maximum atomic E-state index is 10.9. The molecule has 0 bridgehead atoms. The molecule has 0 fully saturated rings. The first kappa shape index (κ1) is 21.1. The van der Waals surface area contributed by atoms with Crippen LogP contribution >= 0.6 is 0 Å². The lowest BCUT2D eigenvalue weighted by Crippen LogP contribution is -2.12. The molecule has 0 aliphatic carbocycles. The summed E-state index contributed by atoms with van der Waals surface area (Å²) in [6.45, 7) is 5.44. The number of aryl methyl sites for hydroxylation is 3. The van der Waals surface area contributed by atoms with Gasteiger partial charge >= 0.3 is 0 Å². The standard InChI is InChI=1S/C27H25NO4/c1-17-9-6-13-21(25(17)29)28(22-14-7-10-18(2)26(22)30)20-12-4-5-15-23(20)32-24-16-8-11-19(3)27(24)31/h4-16,29-31H,1-3H3. The zero-order valence-electron chi connectivity index (χ0n) is 18.2. The molecule has 0 unspecified atom stereocenters. The summed E-state index contributed by atoms with van der Waals surface area (Å²) >= 11 is 0. The smallest absolute Gasteiger partial charge is 0.169 e. The van der Waals surface area contributed by atoms with E-state index in [2.05, 4.69) is 0 Å². The third kappa shape index (κ3) is 3.81. The zero-order chi connectivity index (χ0) is 22.8. The van der Waals surface area contributed by atoms with Crippen LogP contribution in [0.4, 0.5) is 17.1 Å². The summed E-state index contributed by atoms with van der Waals surface area (Å²) < 4.78 is 6.13. The lowest BCUT2D eigenvalue weighted by molar-refractivity contribution is 0.409. The second-order valence-corrected chi connectivity index (χ2v) is 7.71. The zero-order valence-corrected chi connectivity index (χ0v) is 18.2. The van der Waals surface area contributed by atoms with Crippen molar-refractivity contribution in [2.75, 3.05) is 4.90 Å². The molecule has 4 rings (SSSR count). The molecule has 0 aromatic heterocycles. The van der Waals surface area contributed by atoms with Crippen LogP contribution < -0.4 is 9.64 Å². The van der Waals surface area contributed by atoms with Gasteiger partial charge in [0, 0.05) is 0 Å². The normalized spacial score (nSPS) is 10.7. The largest absolute Gasteiger partial charge is 0.505 e. The first-order valence-electron chi connectivity index (χ1n) is 10.3. The minimum Gasteiger partial charge on any atom is -0.505 e. The Kier molecular flexibility index (Phi) is 5.65. The average molecular weight is 428 g/mol. The number of hydrogen-bond acceptors (Lipinski definition) is 5. The van der Waals surface area contributed by atoms with E-state index in [0.29, 0.717) is 45.3 Å². The van der Waals surface area contributed by atoms with E-state index in [0.717, 1.165) is 0 Å². The molecule has 162 valence electrons. The number of anilines is 3. The van der Waals surface area contributed by atoms with Gasteiger partial charge in [0.05, 0.1) is 17.1 Å². The van der Waals surface area contributed by atoms with Gasteiger partial charge in [-0.15, -0.1) is 0 Å². The lowest BCUT2D eigenvalue weighted by atomic mass is 10.1. The van der Waals surface area contributed by atoms with Crippen LogP contribution in [0.15, 0.2) is 78.9 Å². The van der Waals surface area contributed by atoms with Crippen LogP contribution in [0.1, 0.15) is 16.7 Å². The Balaban J connectivity index is 1.94. The fourth-order valence-electron chi connectivity index (χ4n) is 3.60. The molecule has 0 amide bonds. The van der Waals surface area contributed by atoms with Gasteiger partial charge in [-0.1, -0.05) is 48.5 Å². The van der Waals surface area contributed by atoms with Gasteiger partial charge in [-0.3, -0.25) is 4.90 Å². The number of rotatable bonds is 5. The van der Waals surface area contributed by atoms with Crippen LogP contribution in [0.25, 0.3) is 0 Å². The van der Waals surface area contributed by atoms with Crippen molar-refractivity contribution in [3.63, 3.8) is 0 Å². The maximum Gasteiger partial charge on any atom is 0.169 e. The van der Waals surface area contributed by atoms with Crippen LogP contribution in [-0.4, -0.2) is 15.3 Å². The fourth-order valence-corrected chi connectivity index (χ4v) is 3.60. The predicted molar refractivity (Wildman–Crippen MR) is 127 cm³/mol. The van der Waals surface area contributed by atoms with Crippen LogP contribution in [-0.2, 0) is 0 Å². The molecule has 0 saturated heterocycles. The fraction of sp³-hybridized carbons (Fsp3) is 0.111. The molecular formula is C27H25NO4. The van der Waals surface area contributed by atoms with E-state index < -0.39 is 0 Å². The van der Waals surface area contributed by atoms with Crippen molar-refractivity contribution in [3.8, 4) is 28.7 Å². The maximum absolute atomic E-state index is 10.9. The van der Waals surface area contributed by atoms with Gasteiger partial charge in [0.15, 0.2) is 17.2 Å². The SMILES string of the molecule is Cc1cccc(Oc2ccccc2N(c2cccc(C)c2O)c2cccc(C)c2O)c1O. The number of aromatic hydroxyl groups is 3. The third-order valence-corrected chi connectivity index (χ3v) is 5.44. The number of nitrogens with zero attached hydrogens (tertiary/aromatic N) is 1. The lowest BCUT2D eigenvalue weighted by Gasteiger charge is -2.29. The Labute approximate surface area is 187 Å². The summed E-state index contributed by atoms with van der Waals surface area (Å²) in [6.07, 6.45) is 0. The molecule has 5 nitrogen and oxygen atoms in total. The molecule has 0 heterocycles. The van der Waals surface area contributed by atoms with E-state index in [-0.39, 0.29) is 17.2 Å². The van der Waals surface area contributed by atoms with E-state index in [1.54, 1.807) is 42.2 Å². The average Bonchev–Trinajstić information content (AvgIpc) is 2.78. The Hall–Kier alpha value is -4.12. The molecule has 4 aromatic rings. The molecule has 0 spiro atoms. The van der Waals surface area contributed by atoms with Crippen molar-refractivity contribution < 1.29 is 20.1 Å². The van der Waals surface area contributed by atoms with Gasteiger partial charge in [0.1, 0.15) is 11.5 Å². The highest BCUT2D eigenvalue weighted by Crippen LogP contribution is 2.49. The van der Waals surface area contributed by atoms with E-state index in [1.165, 1.54) is 0 Å². The minimum absolute atomic E-state index is 0.0608. The Morgan fingerprint density at radius 3 is 1.53 bits per heavy atom. The highest BCUT2D eigenvalue weighted by Gasteiger charge is 2.24. The Bertz CT molecular complexity index is 1230. The molecule has 4 aromatic carbocycles. The van der Waals surface area contributed by atoms with E-state index in [9.17, 15) is 15.3 Å². The number of ether oxygens (including phenoxy) is 1. The van der Waals surface area contributed by atoms with Crippen LogP contribution in [0, 0.1) is 20.8 Å². The summed E-state index contributed by atoms with van der Waals surface area (Å²) in [5, 5.41) is 32.3. The Morgan fingerprint density at radius 2 is 0.938 bits per heavy atom. The number of phenols is 3. The second kappa shape index (κ2) is 8.55. The van der Waals surface area contributed by atoms with E-state index in [4.69, 9.17) is 4.74 Å². The van der Waals surface area contributed by atoms with Gasteiger partial charge in [0.2, 0.25) is 0 Å². The molecule has 3 N–H and O–H groups in total. The molecule has 0 aliphatic heterocycles. The third-order valence-electron chi connectivity index (χ3n) is 5.44. The number of para-hydroxylation sites is 5. The molecule has 0 saturated carbocycles. The van der Waals surface area contributed by atoms with Crippen molar-refractivity contribution in [1.82, 2.24) is 0 Å². The van der Waals surface area contributed by atoms with Crippen molar-refractivity contribution >= 4 is 17.1 Å². The van der Waals surface area contributed by atoms with Gasteiger partial charge in [-0.05, 0) is 67.8 Å². The number of benzene rings is 4. The summed E-state index contributed by atoms with van der Waals surface area (Å²) in [4.78, 5) is 1.76. The van der Waals surface area contributed by atoms with Gasteiger partial charge < -0.3 is 20.1 Å². The first-order chi connectivity index (χ1) is 15.4. The van der Waals surface area contributed by atoms with Gasteiger partial charge in [-0.2, -0.15) is 0 Å². The number of hydrogen-bond donors (Lipinski definition) is 3. The predicted octanol–water partition coefficient (Wildman–Crippen LogP) is 6.99. The summed E-state index contributed by atoms with van der Waals surface area (Å²) in [5.41, 5.74) is 3.69. The summed E-state index contributed by atoms with van der Waals surface area (Å²) in [6, 6.07) is 23.5. The monoisotopic (exact) mass is 427 g/mol. The van der Waals surface area contributed by atoms with Crippen LogP contribution in [0.2, 0.25) is 0 Å². The first-order valence-corrected chi connectivity index (χ1v) is 10.3. The molecule has 0 aliphatic rings. The minimum atomic E-state index is 0.0608. The van der Waals surface area contributed by atoms with Gasteiger partial charge in [-0.25, -0.2) is 0 Å². The summed E-state index contributed by atoms with van der Waals surface area (Å²) in [5.74, 6) is 1.03. The molecule has 0 atom stereocenters. The number of phenolic OH excluding ortho intramolecular Hbond substituents is 3. The van der Waals surface area contributed by atoms with E-state index >= 15 is 0 Å². The van der Waals surface area contributed by atoms with E-state index in [1.807, 2.05) is 62.4 Å². The molecule has 32 heavy (non-hydrogen) atoms. The molecule has 0 radical (unpaired) electrons. The van der Waals surface area contributed by atoms with Gasteiger partial charge in [0.25, 0.3) is 0 Å². The second-order valence-electron chi connectivity index (χ2n) is 7.71. The van der Waals surface area contributed by atoms with Crippen molar-refractivity contribution in [2.45, 2.75) is 20.8 Å². The topological polar surface area (TPSA) is 73.2 Å². The Morgan fingerprint density at radius 1 is 0.500 bits per heavy atom.